The third kappa shape index (κ3) is 5.04. The number of halogens is 1. The molecule has 0 bridgehead atoms. The van der Waals surface area contributed by atoms with Gasteiger partial charge >= 0.3 is 0 Å². The predicted molar refractivity (Wildman–Crippen MR) is 150 cm³/mol. The topological polar surface area (TPSA) is 6.25 Å². The van der Waals surface area contributed by atoms with Gasteiger partial charge in [0.05, 0.1) is 0 Å². The lowest BCUT2D eigenvalue weighted by molar-refractivity contribution is -0.576. The van der Waals surface area contributed by atoms with Crippen LogP contribution in [0.15, 0.2) is 84.9 Å². The van der Waals surface area contributed by atoms with Gasteiger partial charge in [0.1, 0.15) is 25.2 Å². The first-order chi connectivity index (χ1) is 16.6. The summed E-state index contributed by atoms with van der Waals surface area (Å²) in [4.78, 5) is 2.60. The van der Waals surface area contributed by atoms with Crippen LogP contribution in [0, 0.1) is 10.8 Å². The van der Waals surface area contributed by atoms with Crippen molar-refractivity contribution in [3.8, 4) is 0 Å². The Morgan fingerprint density at radius 3 is 1.69 bits per heavy atom. The molecule has 1 aliphatic rings. The molecule has 0 aliphatic carbocycles. The second-order valence-corrected chi connectivity index (χ2v) is 12.3. The molecule has 4 aromatic rings. The lowest BCUT2D eigenvalue weighted by Crippen LogP contribution is -3.00. The fraction of sp³-hybridized carbons (Fsp3) is 0.364. The summed E-state index contributed by atoms with van der Waals surface area (Å²) in [6, 6.07) is 31.8. The SMILES string of the molecule is CC(C)(C)C(c1cccc2ccccc12)N1C=[N+](C(c2cccc3ccccc23)C(C)(C)C)CC1.[I-]. The summed E-state index contributed by atoms with van der Waals surface area (Å²) in [7, 11) is 0. The van der Waals surface area contributed by atoms with Crippen LogP contribution in [0.2, 0.25) is 0 Å². The van der Waals surface area contributed by atoms with Crippen molar-refractivity contribution in [3.05, 3.63) is 96.1 Å². The van der Waals surface area contributed by atoms with E-state index < -0.39 is 0 Å². The molecule has 188 valence electrons. The number of hydrogen-bond acceptors (Lipinski definition) is 1. The van der Waals surface area contributed by atoms with Crippen LogP contribution < -0.4 is 24.0 Å². The van der Waals surface area contributed by atoms with Gasteiger partial charge in [-0.1, -0.05) is 126 Å². The molecule has 0 saturated heterocycles. The van der Waals surface area contributed by atoms with Gasteiger partial charge in [-0.05, 0) is 21.5 Å². The molecule has 36 heavy (non-hydrogen) atoms. The van der Waals surface area contributed by atoms with Gasteiger partial charge < -0.3 is 24.0 Å². The molecule has 0 spiro atoms. The monoisotopic (exact) mass is 590 g/mol. The maximum atomic E-state index is 2.60. The van der Waals surface area contributed by atoms with E-state index in [0.29, 0.717) is 12.1 Å². The summed E-state index contributed by atoms with van der Waals surface area (Å²) < 4.78 is 2.60. The third-order valence-corrected chi connectivity index (χ3v) is 7.45. The average molecular weight is 591 g/mol. The Hall–Kier alpha value is -2.40. The van der Waals surface area contributed by atoms with Crippen LogP contribution in [0.5, 0.6) is 0 Å². The molecule has 0 fully saturated rings. The first kappa shape index (κ1) is 26.7. The molecule has 0 amide bonds. The highest BCUT2D eigenvalue weighted by atomic mass is 127. The van der Waals surface area contributed by atoms with E-state index >= 15 is 0 Å². The molecule has 1 aliphatic heterocycles. The van der Waals surface area contributed by atoms with E-state index in [1.54, 1.807) is 0 Å². The van der Waals surface area contributed by atoms with Gasteiger partial charge in [0.15, 0.2) is 0 Å². The van der Waals surface area contributed by atoms with Crippen LogP contribution in [-0.4, -0.2) is 28.9 Å². The van der Waals surface area contributed by atoms with Gasteiger partial charge in [-0.15, -0.1) is 0 Å². The highest BCUT2D eigenvalue weighted by molar-refractivity contribution is 5.87. The van der Waals surface area contributed by atoms with Gasteiger partial charge in [-0.3, -0.25) is 9.48 Å². The maximum absolute atomic E-state index is 2.60. The number of hydrogen-bond donors (Lipinski definition) is 0. The highest BCUT2D eigenvalue weighted by Gasteiger charge is 2.42. The Bertz CT molecular complexity index is 1380. The summed E-state index contributed by atoms with van der Waals surface area (Å²) in [5.41, 5.74) is 3.03. The summed E-state index contributed by atoms with van der Waals surface area (Å²) in [5.74, 6) is 0. The van der Waals surface area contributed by atoms with Crippen LogP contribution in [0.4, 0.5) is 0 Å². The molecule has 0 radical (unpaired) electrons. The second kappa shape index (κ2) is 10.2. The van der Waals surface area contributed by atoms with Crippen LogP contribution in [0.1, 0.15) is 64.8 Å². The Morgan fingerprint density at radius 1 is 0.639 bits per heavy atom. The molecular formula is C33H39IN2. The molecule has 2 unspecified atom stereocenters. The smallest absolute Gasteiger partial charge is 0.235 e. The highest BCUT2D eigenvalue weighted by Crippen LogP contribution is 2.43. The molecule has 0 aromatic heterocycles. The Morgan fingerprint density at radius 2 is 1.14 bits per heavy atom. The minimum Gasteiger partial charge on any atom is -1.00 e. The fourth-order valence-corrected chi connectivity index (χ4v) is 6.19. The molecule has 5 rings (SSSR count). The van der Waals surface area contributed by atoms with Crippen LogP contribution in [0.25, 0.3) is 21.5 Å². The number of nitrogens with zero attached hydrogens (tertiary/aromatic N) is 2. The van der Waals surface area contributed by atoms with Crippen molar-refractivity contribution in [2.24, 2.45) is 10.8 Å². The number of fused-ring (bicyclic) bond motifs is 2. The molecule has 1 heterocycles. The Balaban J connectivity index is 0.00000304. The first-order valence-electron chi connectivity index (χ1n) is 13.0. The standard InChI is InChI=1S/C33H39N2.HI/c1-32(2,3)30(28-19-11-15-24-13-7-9-17-26(24)28)34-21-22-35(23-34)31(33(4,5)6)29-20-12-16-25-14-8-10-18-27(25)29;/h7-20,23,30-31H,21-22H2,1-6H3;1H/q+1;/p-1. The largest absolute Gasteiger partial charge is 1.00 e. The second-order valence-electron chi connectivity index (χ2n) is 12.3. The zero-order chi connectivity index (χ0) is 24.8. The van der Waals surface area contributed by atoms with Crippen LogP contribution >= 0.6 is 0 Å². The van der Waals surface area contributed by atoms with E-state index in [4.69, 9.17) is 0 Å². The minimum absolute atomic E-state index is 0. The molecule has 0 N–H and O–H groups in total. The van der Waals surface area contributed by atoms with Crippen molar-refractivity contribution in [3.63, 3.8) is 0 Å². The lowest BCUT2D eigenvalue weighted by atomic mass is 9.80. The summed E-state index contributed by atoms with van der Waals surface area (Å²) in [6.07, 6.45) is 2.44. The van der Waals surface area contributed by atoms with Crippen molar-refractivity contribution in [1.82, 2.24) is 4.90 Å². The predicted octanol–water partition coefficient (Wildman–Crippen LogP) is 5.23. The number of benzene rings is 4. The molecule has 2 atom stereocenters. The minimum atomic E-state index is 0. The zero-order valence-corrected chi connectivity index (χ0v) is 24.7. The van der Waals surface area contributed by atoms with Crippen molar-refractivity contribution in [2.45, 2.75) is 53.6 Å². The molecule has 3 heteroatoms. The first-order valence-corrected chi connectivity index (χ1v) is 13.0. The molecular weight excluding hydrogens is 551 g/mol. The van der Waals surface area contributed by atoms with E-state index in [9.17, 15) is 0 Å². The van der Waals surface area contributed by atoms with Crippen molar-refractivity contribution < 1.29 is 28.6 Å². The lowest BCUT2D eigenvalue weighted by Gasteiger charge is -2.34. The Kier molecular flexibility index (Phi) is 7.52. The van der Waals surface area contributed by atoms with Gasteiger partial charge in [0.25, 0.3) is 0 Å². The van der Waals surface area contributed by atoms with Crippen molar-refractivity contribution in [2.75, 3.05) is 13.1 Å². The van der Waals surface area contributed by atoms with Crippen LogP contribution in [-0.2, 0) is 0 Å². The van der Waals surface area contributed by atoms with Crippen molar-refractivity contribution in [1.29, 1.82) is 0 Å². The van der Waals surface area contributed by atoms with E-state index in [-0.39, 0.29) is 34.8 Å². The molecule has 4 aromatic carbocycles. The average Bonchev–Trinajstić information content (AvgIpc) is 3.26. The van der Waals surface area contributed by atoms with Crippen molar-refractivity contribution >= 4 is 27.9 Å². The van der Waals surface area contributed by atoms with E-state index in [1.807, 2.05) is 0 Å². The molecule has 2 nitrogen and oxygen atoms in total. The Labute approximate surface area is 234 Å². The zero-order valence-electron chi connectivity index (χ0n) is 22.5. The molecule has 0 saturated carbocycles. The van der Waals surface area contributed by atoms with E-state index in [2.05, 4.69) is 142 Å². The third-order valence-electron chi connectivity index (χ3n) is 7.45. The maximum Gasteiger partial charge on any atom is 0.235 e. The van der Waals surface area contributed by atoms with Gasteiger partial charge in [-0.2, -0.15) is 0 Å². The van der Waals surface area contributed by atoms with E-state index in [0.717, 1.165) is 13.1 Å². The van der Waals surface area contributed by atoms with E-state index in [1.165, 1.54) is 32.7 Å². The number of rotatable bonds is 4. The van der Waals surface area contributed by atoms with Gasteiger partial charge in [0.2, 0.25) is 6.34 Å². The summed E-state index contributed by atoms with van der Waals surface area (Å²) in [5, 5.41) is 5.36. The van der Waals surface area contributed by atoms with Crippen LogP contribution in [0.3, 0.4) is 0 Å². The normalized spacial score (nSPS) is 16.1. The quantitative estimate of drug-likeness (QED) is 0.233. The summed E-state index contributed by atoms with van der Waals surface area (Å²) in [6.45, 7) is 16.3. The summed E-state index contributed by atoms with van der Waals surface area (Å²) >= 11 is 0. The van der Waals surface area contributed by atoms with Gasteiger partial charge in [-0.25, -0.2) is 0 Å². The van der Waals surface area contributed by atoms with Gasteiger partial charge in [0, 0.05) is 22.0 Å². The fourth-order valence-electron chi connectivity index (χ4n) is 6.19.